The number of anilines is 1. The van der Waals surface area contributed by atoms with Crippen LogP contribution in [0.1, 0.15) is 40.4 Å². The Balaban J connectivity index is 1.46. The molecule has 1 aromatic heterocycles. The molecule has 2 aromatic rings. The largest absolute Gasteiger partial charge is 0.321 e. The lowest BCUT2D eigenvalue weighted by Gasteiger charge is -2.33. The van der Waals surface area contributed by atoms with E-state index in [2.05, 4.69) is 22.1 Å². The van der Waals surface area contributed by atoms with Gasteiger partial charge in [-0.2, -0.15) is 4.31 Å². The summed E-state index contributed by atoms with van der Waals surface area (Å²) in [6, 6.07) is 6.47. The zero-order chi connectivity index (χ0) is 19.7. The molecule has 2 fully saturated rings. The maximum Gasteiger partial charge on any atom is 0.267 e. The predicted molar refractivity (Wildman–Crippen MR) is 109 cm³/mol. The number of hydrogen-bond acceptors (Lipinski definition) is 6. The van der Waals surface area contributed by atoms with Crippen molar-refractivity contribution in [3.63, 3.8) is 0 Å². The van der Waals surface area contributed by atoms with E-state index in [4.69, 9.17) is 0 Å². The second kappa shape index (κ2) is 7.90. The van der Waals surface area contributed by atoms with E-state index in [1.54, 1.807) is 24.4 Å². The van der Waals surface area contributed by atoms with Gasteiger partial charge in [-0.15, -0.1) is 11.3 Å². The van der Waals surface area contributed by atoms with Gasteiger partial charge in [-0.1, -0.05) is 13.0 Å². The number of rotatable bonds is 6. The highest BCUT2D eigenvalue weighted by atomic mass is 32.2. The van der Waals surface area contributed by atoms with Crippen molar-refractivity contribution in [1.29, 1.82) is 0 Å². The molecule has 1 N–H and O–H groups in total. The number of nitrogens with one attached hydrogen (secondary N) is 1. The predicted octanol–water partition coefficient (Wildman–Crippen LogP) is 2.60. The molecule has 4 rings (SSSR count). The molecule has 1 aliphatic heterocycles. The van der Waals surface area contributed by atoms with Gasteiger partial charge in [0.2, 0.25) is 10.0 Å². The number of likely N-dealkylation sites (N-methyl/N-ethyl adjacent to an activating group) is 1. The summed E-state index contributed by atoms with van der Waals surface area (Å²) in [5, 5.41) is 3.81. The van der Waals surface area contributed by atoms with E-state index in [1.165, 1.54) is 21.7 Å². The third-order valence-corrected chi connectivity index (χ3v) is 8.24. The Bertz CT molecular complexity index is 961. The molecule has 0 bridgehead atoms. The summed E-state index contributed by atoms with van der Waals surface area (Å²) in [5.41, 5.74) is 0.472. The van der Waals surface area contributed by atoms with Crippen LogP contribution in [0.5, 0.6) is 0 Å². The van der Waals surface area contributed by atoms with E-state index in [0.29, 0.717) is 29.6 Å². The zero-order valence-corrected chi connectivity index (χ0v) is 17.4. The van der Waals surface area contributed by atoms with Crippen LogP contribution in [0.2, 0.25) is 0 Å². The van der Waals surface area contributed by atoms with Crippen molar-refractivity contribution in [3.05, 3.63) is 40.3 Å². The minimum Gasteiger partial charge on any atom is -0.321 e. The van der Waals surface area contributed by atoms with Crippen molar-refractivity contribution in [2.75, 3.05) is 38.0 Å². The van der Waals surface area contributed by atoms with Gasteiger partial charge in [-0.05, 0) is 37.6 Å². The van der Waals surface area contributed by atoms with E-state index in [1.807, 2.05) is 0 Å². The van der Waals surface area contributed by atoms with E-state index in [0.717, 1.165) is 37.5 Å². The Kier molecular flexibility index (Phi) is 5.50. The lowest BCUT2D eigenvalue weighted by atomic mass is 10.3. The molecule has 150 valence electrons. The van der Waals surface area contributed by atoms with Crippen LogP contribution in [-0.2, 0) is 10.0 Å². The number of carbonyl (C=O) groups excluding carboxylic acids is 1. The first-order valence-electron chi connectivity index (χ1n) is 9.57. The van der Waals surface area contributed by atoms with Crippen LogP contribution in [0.15, 0.2) is 35.4 Å². The number of carbonyl (C=O) groups is 1. The first-order valence-corrected chi connectivity index (χ1v) is 11.8. The summed E-state index contributed by atoms with van der Waals surface area (Å²) >= 11 is 1.41. The number of hydrogen-bond donors (Lipinski definition) is 1. The monoisotopic (exact) mass is 420 g/mol. The molecule has 0 atom stereocenters. The first kappa shape index (κ1) is 19.5. The van der Waals surface area contributed by atoms with Gasteiger partial charge in [0.05, 0.1) is 16.1 Å². The van der Waals surface area contributed by atoms with Crippen LogP contribution in [-0.4, -0.2) is 61.2 Å². The summed E-state index contributed by atoms with van der Waals surface area (Å²) in [7, 11) is -3.57. The van der Waals surface area contributed by atoms with Crippen LogP contribution >= 0.6 is 11.3 Å². The van der Waals surface area contributed by atoms with Gasteiger partial charge in [0.15, 0.2) is 0 Å². The van der Waals surface area contributed by atoms with Gasteiger partial charge in [-0.3, -0.25) is 4.79 Å². The molecule has 2 heterocycles. The Morgan fingerprint density at radius 3 is 2.68 bits per heavy atom. The van der Waals surface area contributed by atoms with Gasteiger partial charge in [0.25, 0.3) is 5.91 Å². The number of thiazole rings is 1. The van der Waals surface area contributed by atoms with Crippen molar-refractivity contribution in [2.45, 2.75) is 30.6 Å². The Morgan fingerprint density at radius 1 is 1.25 bits per heavy atom. The van der Waals surface area contributed by atoms with Crippen molar-refractivity contribution in [3.8, 4) is 0 Å². The molecule has 1 aliphatic carbocycles. The van der Waals surface area contributed by atoms with E-state index >= 15 is 0 Å². The van der Waals surface area contributed by atoms with Crippen LogP contribution in [0, 0.1) is 0 Å². The van der Waals surface area contributed by atoms with E-state index in [-0.39, 0.29) is 10.8 Å². The quantitative estimate of drug-likeness (QED) is 0.777. The molecule has 1 amide bonds. The minimum absolute atomic E-state index is 0.207. The minimum atomic E-state index is -3.57. The van der Waals surface area contributed by atoms with Crippen LogP contribution < -0.4 is 5.32 Å². The fraction of sp³-hybridized carbons (Fsp3) is 0.474. The van der Waals surface area contributed by atoms with Gasteiger partial charge in [0.1, 0.15) is 4.88 Å². The maximum atomic E-state index is 13.0. The topological polar surface area (TPSA) is 82.6 Å². The second-order valence-electron chi connectivity index (χ2n) is 7.16. The van der Waals surface area contributed by atoms with E-state index < -0.39 is 10.0 Å². The Morgan fingerprint density at radius 2 is 2.00 bits per heavy atom. The number of amides is 1. The molecular formula is C19H24N4O3S2. The van der Waals surface area contributed by atoms with Crippen molar-refractivity contribution in [2.24, 2.45) is 0 Å². The molecule has 1 saturated carbocycles. The molecule has 28 heavy (non-hydrogen) atoms. The number of benzene rings is 1. The van der Waals surface area contributed by atoms with Gasteiger partial charge in [0, 0.05) is 37.8 Å². The lowest BCUT2D eigenvalue weighted by molar-refractivity contribution is 0.103. The maximum absolute atomic E-state index is 13.0. The molecule has 0 unspecified atom stereocenters. The SMILES string of the molecule is CCN1CCN(S(=O)(=O)c2cccc(NC(=O)c3cnc(C4CC4)s3)c2)CC1. The summed E-state index contributed by atoms with van der Waals surface area (Å²) in [6.07, 6.45) is 3.88. The molecule has 0 spiro atoms. The molecular weight excluding hydrogens is 396 g/mol. The highest BCUT2D eigenvalue weighted by Gasteiger charge is 2.29. The third kappa shape index (κ3) is 4.12. The van der Waals surface area contributed by atoms with Crippen molar-refractivity contribution >= 4 is 33.0 Å². The Labute approximate surface area is 169 Å². The number of piperazine rings is 1. The zero-order valence-electron chi connectivity index (χ0n) is 15.8. The number of aromatic nitrogens is 1. The first-order chi connectivity index (χ1) is 13.5. The molecule has 7 nitrogen and oxygen atoms in total. The number of sulfonamides is 1. The van der Waals surface area contributed by atoms with E-state index in [9.17, 15) is 13.2 Å². The summed E-state index contributed by atoms with van der Waals surface area (Å²) in [4.78, 5) is 19.8. The smallest absolute Gasteiger partial charge is 0.267 e. The molecule has 9 heteroatoms. The molecule has 1 aromatic carbocycles. The normalized spacial score (nSPS) is 18.9. The standard InChI is InChI=1S/C19H24N4O3S2/c1-2-22-8-10-23(11-9-22)28(25,26)16-5-3-4-15(12-16)21-18(24)17-13-20-19(27-17)14-6-7-14/h3-5,12-14H,2,6-11H2,1H3,(H,21,24). The fourth-order valence-electron chi connectivity index (χ4n) is 3.27. The van der Waals surface area contributed by atoms with Crippen molar-refractivity contribution in [1.82, 2.24) is 14.2 Å². The Hall–Kier alpha value is -1.81. The van der Waals surface area contributed by atoms with Crippen LogP contribution in [0.4, 0.5) is 5.69 Å². The van der Waals surface area contributed by atoms with Crippen LogP contribution in [0.3, 0.4) is 0 Å². The van der Waals surface area contributed by atoms with Crippen LogP contribution in [0.25, 0.3) is 0 Å². The molecule has 1 saturated heterocycles. The average Bonchev–Trinajstić information content (AvgIpc) is 3.44. The van der Waals surface area contributed by atoms with Gasteiger partial charge in [-0.25, -0.2) is 13.4 Å². The fourth-order valence-corrected chi connectivity index (χ4v) is 5.72. The average molecular weight is 421 g/mol. The summed E-state index contributed by atoms with van der Waals surface area (Å²) in [6.45, 7) is 5.44. The number of nitrogens with zero attached hydrogens (tertiary/aromatic N) is 3. The highest BCUT2D eigenvalue weighted by Crippen LogP contribution is 2.41. The summed E-state index contributed by atoms with van der Waals surface area (Å²) in [5.74, 6) is 0.253. The lowest BCUT2D eigenvalue weighted by Crippen LogP contribution is -2.48. The van der Waals surface area contributed by atoms with Crippen molar-refractivity contribution < 1.29 is 13.2 Å². The second-order valence-corrected chi connectivity index (χ2v) is 10.2. The third-order valence-electron chi connectivity index (χ3n) is 5.18. The van der Waals surface area contributed by atoms with Gasteiger partial charge < -0.3 is 10.2 Å². The molecule has 2 aliphatic rings. The molecule has 0 radical (unpaired) electrons. The van der Waals surface area contributed by atoms with Gasteiger partial charge >= 0.3 is 0 Å². The highest BCUT2D eigenvalue weighted by molar-refractivity contribution is 7.89. The summed E-state index contributed by atoms with van der Waals surface area (Å²) < 4.78 is 27.4.